The van der Waals surface area contributed by atoms with Gasteiger partial charge < -0.3 is 4.90 Å². The van der Waals surface area contributed by atoms with Gasteiger partial charge in [-0.1, -0.05) is 12.8 Å². The van der Waals surface area contributed by atoms with Gasteiger partial charge in [0.05, 0.1) is 0 Å². The fourth-order valence-electron chi connectivity index (χ4n) is 5.19. The monoisotopic (exact) mass is 435 g/mol. The van der Waals surface area contributed by atoms with E-state index in [1.165, 1.54) is 35.9 Å². The van der Waals surface area contributed by atoms with Crippen LogP contribution in [0.15, 0.2) is 34.5 Å². The third-order valence-electron chi connectivity index (χ3n) is 6.98. The molecule has 32 heavy (non-hydrogen) atoms. The van der Waals surface area contributed by atoms with E-state index in [0.717, 1.165) is 50.0 Å². The fraction of sp³-hybridized carbons (Fsp3) is 0.520. The number of aryl methyl sites for hydroxylation is 1. The quantitative estimate of drug-likeness (QED) is 0.694. The molecule has 0 atom stereocenters. The molecule has 1 amide bonds. The minimum atomic E-state index is -0.236. The van der Waals surface area contributed by atoms with Gasteiger partial charge in [0.15, 0.2) is 5.82 Å². The maximum atomic E-state index is 13.8. The van der Waals surface area contributed by atoms with Crippen molar-refractivity contribution in [1.82, 2.24) is 19.7 Å². The molecule has 0 radical (unpaired) electrons. The van der Waals surface area contributed by atoms with Gasteiger partial charge in [-0.3, -0.25) is 9.79 Å². The molecule has 1 aromatic carbocycles. The fourth-order valence-corrected chi connectivity index (χ4v) is 5.19. The van der Waals surface area contributed by atoms with Gasteiger partial charge in [-0.2, -0.15) is 5.10 Å². The van der Waals surface area contributed by atoms with Crippen LogP contribution in [0.1, 0.15) is 69.2 Å². The summed E-state index contributed by atoms with van der Waals surface area (Å²) in [6, 6.07) is 4.95. The molecule has 2 aliphatic heterocycles. The standard InChI is InChI=1S/C25H30FN5O/c1-16-13-20(7-8-21(16)26)24-28-25(18-5-3-4-6-18)31(29-24)15-23(32)30-11-9-19-14-17(2)27-22(19)10-12-30/h7-8,13,18H,3-6,9-12,14-15H2,1-2H3. The third-order valence-corrected chi connectivity index (χ3v) is 6.98. The lowest BCUT2D eigenvalue weighted by atomic mass is 10.1. The number of benzene rings is 1. The minimum Gasteiger partial charge on any atom is -0.340 e. The second-order valence-corrected chi connectivity index (χ2v) is 9.35. The summed E-state index contributed by atoms with van der Waals surface area (Å²) >= 11 is 0. The van der Waals surface area contributed by atoms with E-state index in [0.29, 0.717) is 23.9 Å². The molecule has 1 saturated carbocycles. The van der Waals surface area contributed by atoms with Gasteiger partial charge in [0.25, 0.3) is 0 Å². The average molecular weight is 436 g/mol. The highest BCUT2D eigenvalue weighted by atomic mass is 19.1. The molecule has 1 fully saturated rings. The third kappa shape index (κ3) is 4.12. The molecule has 2 aromatic rings. The van der Waals surface area contributed by atoms with Crippen LogP contribution >= 0.6 is 0 Å². The van der Waals surface area contributed by atoms with Crippen LogP contribution in [-0.2, 0) is 11.3 Å². The van der Waals surface area contributed by atoms with Crippen molar-refractivity contribution < 1.29 is 9.18 Å². The van der Waals surface area contributed by atoms with Gasteiger partial charge in [-0.05, 0) is 62.4 Å². The van der Waals surface area contributed by atoms with Gasteiger partial charge in [0.2, 0.25) is 5.91 Å². The van der Waals surface area contributed by atoms with E-state index in [1.54, 1.807) is 23.7 Å². The molecule has 0 saturated heterocycles. The van der Waals surface area contributed by atoms with Crippen molar-refractivity contribution in [2.24, 2.45) is 4.99 Å². The van der Waals surface area contributed by atoms with Crippen LogP contribution in [0.2, 0.25) is 0 Å². The molecule has 3 aliphatic rings. The van der Waals surface area contributed by atoms with Crippen molar-refractivity contribution in [3.63, 3.8) is 0 Å². The van der Waals surface area contributed by atoms with Crippen LogP contribution in [0.25, 0.3) is 11.4 Å². The summed E-state index contributed by atoms with van der Waals surface area (Å²) in [5.41, 5.74) is 5.11. The highest BCUT2D eigenvalue weighted by Gasteiger charge is 2.28. The van der Waals surface area contributed by atoms with E-state index in [2.05, 4.69) is 11.9 Å². The van der Waals surface area contributed by atoms with Crippen molar-refractivity contribution in [3.05, 3.63) is 46.7 Å². The summed E-state index contributed by atoms with van der Waals surface area (Å²) in [4.78, 5) is 24.7. The van der Waals surface area contributed by atoms with Gasteiger partial charge in [-0.15, -0.1) is 0 Å². The first kappa shape index (κ1) is 21.0. The number of aromatic nitrogens is 3. The molecule has 0 unspecified atom stereocenters. The molecule has 0 bridgehead atoms. The Morgan fingerprint density at radius 3 is 2.72 bits per heavy atom. The number of nitrogens with zero attached hydrogens (tertiary/aromatic N) is 5. The first-order valence-electron chi connectivity index (χ1n) is 11.7. The number of aliphatic imine (C=N–C) groups is 1. The van der Waals surface area contributed by atoms with Crippen LogP contribution in [0.3, 0.4) is 0 Å². The van der Waals surface area contributed by atoms with Gasteiger partial charge >= 0.3 is 0 Å². The summed E-state index contributed by atoms with van der Waals surface area (Å²) < 4.78 is 15.6. The molecule has 1 aromatic heterocycles. The largest absolute Gasteiger partial charge is 0.340 e. The Morgan fingerprint density at radius 2 is 1.94 bits per heavy atom. The predicted molar refractivity (Wildman–Crippen MR) is 122 cm³/mol. The van der Waals surface area contributed by atoms with E-state index in [-0.39, 0.29) is 18.3 Å². The van der Waals surface area contributed by atoms with E-state index in [4.69, 9.17) is 10.1 Å². The lowest BCUT2D eigenvalue weighted by Gasteiger charge is -2.21. The molecule has 7 heteroatoms. The molecule has 3 heterocycles. The van der Waals surface area contributed by atoms with E-state index in [9.17, 15) is 9.18 Å². The number of hydrogen-bond acceptors (Lipinski definition) is 4. The Bertz CT molecular complexity index is 1110. The number of hydrogen-bond donors (Lipinski definition) is 0. The Balaban J connectivity index is 1.37. The Morgan fingerprint density at radius 1 is 1.16 bits per heavy atom. The zero-order valence-corrected chi connectivity index (χ0v) is 18.9. The minimum absolute atomic E-state index is 0.0814. The number of carbonyl (C=O) groups excluding carboxylic acids is 1. The zero-order valence-electron chi connectivity index (χ0n) is 18.9. The summed E-state index contributed by atoms with van der Waals surface area (Å²) in [7, 11) is 0. The summed E-state index contributed by atoms with van der Waals surface area (Å²) in [6.07, 6.45) is 7.19. The van der Waals surface area contributed by atoms with E-state index < -0.39 is 0 Å². The van der Waals surface area contributed by atoms with Crippen LogP contribution in [-0.4, -0.2) is 44.4 Å². The average Bonchev–Trinajstić information content (AvgIpc) is 3.48. The predicted octanol–water partition coefficient (Wildman–Crippen LogP) is 4.79. The number of halogens is 1. The first-order chi connectivity index (χ1) is 15.5. The van der Waals surface area contributed by atoms with Gasteiger partial charge in [0.1, 0.15) is 18.2 Å². The Labute approximate surface area is 188 Å². The smallest absolute Gasteiger partial charge is 0.244 e. The van der Waals surface area contributed by atoms with Crippen molar-refractivity contribution in [3.8, 4) is 11.4 Å². The van der Waals surface area contributed by atoms with Crippen LogP contribution in [0.4, 0.5) is 4.39 Å². The zero-order chi connectivity index (χ0) is 22.2. The Hall–Kier alpha value is -2.83. The maximum Gasteiger partial charge on any atom is 0.244 e. The van der Waals surface area contributed by atoms with Gasteiger partial charge in [-0.25, -0.2) is 14.1 Å². The summed E-state index contributed by atoms with van der Waals surface area (Å²) in [5, 5.41) is 4.72. The molecular formula is C25H30FN5O. The van der Waals surface area contributed by atoms with Crippen molar-refractivity contribution in [2.45, 2.75) is 71.3 Å². The molecule has 6 nitrogen and oxygen atoms in total. The number of carbonyl (C=O) groups is 1. The molecule has 5 rings (SSSR count). The normalized spacial score (nSPS) is 19.3. The van der Waals surface area contributed by atoms with Gasteiger partial charge in [0, 0.05) is 48.8 Å². The van der Waals surface area contributed by atoms with Crippen LogP contribution in [0.5, 0.6) is 0 Å². The Kier molecular flexibility index (Phi) is 5.66. The van der Waals surface area contributed by atoms with Crippen LogP contribution < -0.4 is 0 Å². The topological polar surface area (TPSA) is 63.4 Å². The lowest BCUT2D eigenvalue weighted by Crippen LogP contribution is -2.35. The maximum absolute atomic E-state index is 13.8. The molecule has 168 valence electrons. The van der Waals surface area contributed by atoms with Crippen LogP contribution in [0, 0.1) is 12.7 Å². The van der Waals surface area contributed by atoms with Crippen molar-refractivity contribution >= 4 is 11.6 Å². The summed E-state index contributed by atoms with van der Waals surface area (Å²) in [5.74, 6) is 1.64. The molecule has 0 spiro atoms. The highest BCUT2D eigenvalue weighted by molar-refractivity contribution is 5.88. The second kappa shape index (κ2) is 8.60. The van der Waals surface area contributed by atoms with E-state index >= 15 is 0 Å². The lowest BCUT2D eigenvalue weighted by molar-refractivity contribution is -0.132. The van der Waals surface area contributed by atoms with E-state index in [1.807, 2.05) is 4.90 Å². The highest BCUT2D eigenvalue weighted by Crippen LogP contribution is 2.34. The van der Waals surface area contributed by atoms with Crippen molar-refractivity contribution in [2.75, 3.05) is 13.1 Å². The molecule has 1 aliphatic carbocycles. The second-order valence-electron chi connectivity index (χ2n) is 9.35. The number of amides is 1. The number of rotatable bonds is 4. The summed E-state index contributed by atoms with van der Waals surface area (Å²) in [6.45, 7) is 5.45. The first-order valence-corrected chi connectivity index (χ1v) is 11.7. The molecule has 0 N–H and O–H groups in total. The molecular weight excluding hydrogens is 405 g/mol. The van der Waals surface area contributed by atoms with Crippen molar-refractivity contribution in [1.29, 1.82) is 0 Å². The SMILES string of the molecule is CC1=NC2=C(CCN(C(=O)Cn3nc(-c4ccc(F)c(C)c4)nc3C3CCCC3)CC2)C1.